The molecule has 1 aromatic rings. The molecule has 19 heavy (non-hydrogen) atoms. The van der Waals surface area contributed by atoms with E-state index >= 15 is 0 Å². The smallest absolute Gasteiger partial charge is 0.124 e. The third-order valence-corrected chi connectivity index (χ3v) is 4.33. The molecule has 0 aliphatic carbocycles. The number of likely N-dealkylation sites (tertiary alicyclic amines) is 1. The number of hydrogen-bond acceptors (Lipinski definition) is 3. The summed E-state index contributed by atoms with van der Waals surface area (Å²) in [5.41, 5.74) is 1.31. The third-order valence-electron chi connectivity index (χ3n) is 4.09. The highest BCUT2D eigenvalue weighted by Gasteiger charge is 2.32. The SMILES string of the molecule is CC(C)N1CC(c2ccc(Cl)cc2OC2CNC2)C1. The second-order valence-corrected chi connectivity index (χ2v) is 6.26. The molecule has 0 saturated carbocycles. The van der Waals surface area contributed by atoms with Gasteiger partial charge < -0.3 is 10.1 Å². The molecule has 104 valence electrons. The van der Waals surface area contributed by atoms with Gasteiger partial charge in [0.1, 0.15) is 11.9 Å². The quantitative estimate of drug-likeness (QED) is 0.917. The lowest BCUT2D eigenvalue weighted by molar-refractivity contribution is 0.102. The Morgan fingerprint density at radius 3 is 2.63 bits per heavy atom. The van der Waals surface area contributed by atoms with Crippen LogP contribution in [0.1, 0.15) is 25.3 Å². The molecule has 1 N–H and O–H groups in total. The van der Waals surface area contributed by atoms with Gasteiger partial charge in [-0.15, -0.1) is 0 Å². The molecule has 0 aromatic heterocycles. The summed E-state index contributed by atoms with van der Waals surface area (Å²) in [7, 11) is 0. The topological polar surface area (TPSA) is 24.5 Å². The highest BCUT2D eigenvalue weighted by molar-refractivity contribution is 6.30. The van der Waals surface area contributed by atoms with Crippen LogP contribution in [-0.4, -0.2) is 43.2 Å². The highest BCUT2D eigenvalue weighted by Crippen LogP contribution is 2.36. The van der Waals surface area contributed by atoms with Crippen molar-refractivity contribution in [3.05, 3.63) is 28.8 Å². The molecule has 0 bridgehead atoms. The summed E-state index contributed by atoms with van der Waals surface area (Å²) in [5, 5.41) is 3.98. The summed E-state index contributed by atoms with van der Waals surface area (Å²) < 4.78 is 6.05. The van der Waals surface area contributed by atoms with Crippen LogP contribution in [-0.2, 0) is 0 Å². The number of hydrogen-bond donors (Lipinski definition) is 1. The number of ether oxygens (including phenoxy) is 1. The molecule has 2 aliphatic heterocycles. The first-order valence-electron chi connectivity index (χ1n) is 7.04. The fourth-order valence-electron chi connectivity index (χ4n) is 2.60. The Morgan fingerprint density at radius 1 is 1.32 bits per heavy atom. The van der Waals surface area contributed by atoms with Crippen LogP contribution in [0.5, 0.6) is 5.75 Å². The summed E-state index contributed by atoms with van der Waals surface area (Å²) in [6.45, 7) is 8.62. The molecule has 2 fully saturated rings. The fourth-order valence-corrected chi connectivity index (χ4v) is 2.77. The number of nitrogens with zero attached hydrogens (tertiary/aromatic N) is 1. The van der Waals surface area contributed by atoms with E-state index < -0.39 is 0 Å². The molecule has 2 aliphatic rings. The largest absolute Gasteiger partial charge is 0.487 e. The van der Waals surface area contributed by atoms with Crippen LogP contribution in [0.25, 0.3) is 0 Å². The molecular formula is C15H21ClN2O. The van der Waals surface area contributed by atoms with Crippen LogP contribution in [0.2, 0.25) is 5.02 Å². The van der Waals surface area contributed by atoms with E-state index in [1.807, 2.05) is 12.1 Å². The van der Waals surface area contributed by atoms with E-state index in [9.17, 15) is 0 Å². The molecular weight excluding hydrogens is 260 g/mol. The Labute approximate surface area is 119 Å². The van der Waals surface area contributed by atoms with Crippen LogP contribution < -0.4 is 10.1 Å². The predicted molar refractivity (Wildman–Crippen MR) is 78.2 cm³/mol. The molecule has 4 heteroatoms. The van der Waals surface area contributed by atoms with Crippen molar-refractivity contribution in [2.45, 2.75) is 31.9 Å². The van der Waals surface area contributed by atoms with Crippen molar-refractivity contribution in [1.82, 2.24) is 10.2 Å². The van der Waals surface area contributed by atoms with Gasteiger partial charge in [0.25, 0.3) is 0 Å². The van der Waals surface area contributed by atoms with Crippen molar-refractivity contribution in [3.63, 3.8) is 0 Å². The molecule has 3 nitrogen and oxygen atoms in total. The van der Waals surface area contributed by atoms with Crippen molar-refractivity contribution in [3.8, 4) is 5.75 Å². The van der Waals surface area contributed by atoms with Gasteiger partial charge in [-0.05, 0) is 31.5 Å². The normalized spacial score (nSPS) is 21.3. The molecule has 0 radical (unpaired) electrons. The maximum Gasteiger partial charge on any atom is 0.124 e. The summed E-state index contributed by atoms with van der Waals surface area (Å²) in [4.78, 5) is 2.48. The summed E-state index contributed by atoms with van der Waals surface area (Å²) in [5.74, 6) is 1.56. The Kier molecular flexibility index (Phi) is 3.70. The van der Waals surface area contributed by atoms with Gasteiger partial charge in [-0.3, -0.25) is 4.90 Å². The van der Waals surface area contributed by atoms with E-state index in [0.29, 0.717) is 18.1 Å². The van der Waals surface area contributed by atoms with E-state index in [0.717, 1.165) is 37.0 Å². The lowest BCUT2D eigenvalue weighted by Gasteiger charge is -2.43. The molecule has 1 aromatic carbocycles. The average molecular weight is 281 g/mol. The zero-order valence-electron chi connectivity index (χ0n) is 11.5. The maximum absolute atomic E-state index is 6.10. The van der Waals surface area contributed by atoms with Gasteiger partial charge >= 0.3 is 0 Å². The number of nitrogens with one attached hydrogen (secondary N) is 1. The summed E-state index contributed by atoms with van der Waals surface area (Å²) in [6.07, 6.45) is 0.304. The molecule has 0 unspecified atom stereocenters. The second kappa shape index (κ2) is 5.31. The Balaban J connectivity index is 1.73. The predicted octanol–water partition coefficient (Wildman–Crippen LogP) is 2.50. The Morgan fingerprint density at radius 2 is 2.05 bits per heavy atom. The van der Waals surface area contributed by atoms with Crippen molar-refractivity contribution in [2.75, 3.05) is 26.2 Å². The number of rotatable bonds is 4. The van der Waals surface area contributed by atoms with Gasteiger partial charge in [-0.25, -0.2) is 0 Å². The number of halogens is 1. The van der Waals surface area contributed by atoms with Crippen molar-refractivity contribution >= 4 is 11.6 Å². The maximum atomic E-state index is 6.10. The van der Waals surface area contributed by atoms with Crippen molar-refractivity contribution < 1.29 is 4.74 Å². The van der Waals surface area contributed by atoms with E-state index in [2.05, 4.69) is 30.1 Å². The first-order valence-corrected chi connectivity index (χ1v) is 7.42. The molecule has 3 rings (SSSR count). The highest BCUT2D eigenvalue weighted by atomic mass is 35.5. The van der Waals surface area contributed by atoms with Crippen molar-refractivity contribution in [2.24, 2.45) is 0 Å². The second-order valence-electron chi connectivity index (χ2n) is 5.82. The minimum absolute atomic E-state index is 0.304. The van der Waals surface area contributed by atoms with Crippen LogP contribution in [0.3, 0.4) is 0 Å². The van der Waals surface area contributed by atoms with Crippen LogP contribution in [0.15, 0.2) is 18.2 Å². The molecule has 0 amide bonds. The van der Waals surface area contributed by atoms with Crippen LogP contribution in [0.4, 0.5) is 0 Å². The summed E-state index contributed by atoms with van der Waals surface area (Å²) >= 11 is 6.10. The minimum Gasteiger partial charge on any atom is -0.487 e. The zero-order valence-corrected chi connectivity index (χ0v) is 12.3. The number of benzene rings is 1. The Hall–Kier alpha value is -0.770. The first kappa shape index (κ1) is 13.2. The van der Waals surface area contributed by atoms with Crippen LogP contribution >= 0.6 is 11.6 Å². The van der Waals surface area contributed by atoms with Gasteiger partial charge in [0.15, 0.2) is 0 Å². The van der Waals surface area contributed by atoms with E-state index in [-0.39, 0.29) is 0 Å². The van der Waals surface area contributed by atoms with E-state index in [1.54, 1.807) is 0 Å². The van der Waals surface area contributed by atoms with Gasteiger partial charge in [-0.2, -0.15) is 0 Å². The molecule has 0 spiro atoms. The van der Waals surface area contributed by atoms with Crippen molar-refractivity contribution in [1.29, 1.82) is 0 Å². The lowest BCUT2D eigenvalue weighted by Crippen LogP contribution is -2.51. The van der Waals surface area contributed by atoms with E-state index in [4.69, 9.17) is 16.3 Å². The van der Waals surface area contributed by atoms with Gasteiger partial charge in [0.2, 0.25) is 0 Å². The standard InChI is InChI=1S/C15H21ClN2O/c1-10(2)18-8-11(9-18)14-4-3-12(16)5-15(14)19-13-6-17-7-13/h3-5,10-11,13,17H,6-9H2,1-2H3. The van der Waals surface area contributed by atoms with Gasteiger partial charge in [0, 0.05) is 43.2 Å². The third kappa shape index (κ3) is 2.73. The summed E-state index contributed by atoms with van der Waals surface area (Å²) in [6, 6.07) is 6.70. The van der Waals surface area contributed by atoms with Gasteiger partial charge in [-0.1, -0.05) is 17.7 Å². The first-order chi connectivity index (χ1) is 9.13. The van der Waals surface area contributed by atoms with Crippen LogP contribution in [0, 0.1) is 0 Å². The Bertz CT molecular complexity index is 453. The minimum atomic E-state index is 0.304. The molecule has 0 atom stereocenters. The average Bonchev–Trinajstić information content (AvgIpc) is 2.23. The lowest BCUT2D eigenvalue weighted by atomic mass is 9.89. The molecule has 2 saturated heterocycles. The van der Waals surface area contributed by atoms with E-state index in [1.165, 1.54) is 5.56 Å². The molecule has 2 heterocycles. The zero-order chi connectivity index (χ0) is 13.4. The van der Waals surface area contributed by atoms with Gasteiger partial charge in [0.05, 0.1) is 0 Å². The fraction of sp³-hybridized carbons (Fsp3) is 0.600. The monoisotopic (exact) mass is 280 g/mol.